The number of aliphatic hydroxyl groups is 2. The average molecular weight is 309 g/mol. The number of rotatable bonds is 4. The molecule has 1 heterocycles. The Hall–Kier alpha value is -2.43. The van der Waals surface area contributed by atoms with Gasteiger partial charge in [-0.25, -0.2) is 4.98 Å². The summed E-state index contributed by atoms with van der Waals surface area (Å²) in [7, 11) is 1.63. The minimum absolute atomic E-state index is 0.0443. The van der Waals surface area contributed by atoms with Crippen molar-refractivity contribution in [1.82, 2.24) is 4.98 Å². The fourth-order valence-electron chi connectivity index (χ4n) is 2.83. The van der Waals surface area contributed by atoms with Crippen LogP contribution in [0.4, 0.5) is 0 Å². The number of nitrogens with zero attached hydrogens (tertiary/aromatic N) is 1. The normalized spacial score (nSPS) is 11.0. The molecule has 23 heavy (non-hydrogen) atoms. The van der Waals surface area contributed by atoms with Gasteiger partial charge in [0.2, 0.25) is 0 Å². The molecule has 2 aromatic carbocycles. The Morgan fingerprint density at radius 2 is 1.74 bits per heavy atom. The van der Waals surface area contributed by atoms with Gasteiger partial charge in [0.25, 0.3) is 0 Å². The molecule has 0 radical (unpaired) electrons. The van der Waals surface area contributed by atoms with Gasteiger partial charge in [-0.2, -0.15) is 0 Å². The molecule has 2 N–H and O–H groups in total. The van der Waals surface area contributed by atoms with E-state index in [2.05, 4.69) is 4.98 Å². The SMILES string of the molecule is COc1ccc(-c2ccc(CO)cc2CO)c2ccc(C)nc12. The predicted octanol–water partition coefficient (Wildman–Crippen LogP) is 3.20. The largest absolute Gasteiger partial charge is 0.494 e. The second-order valence-electron chi connectivity index (χ2n) is 5.47. The lowest BCUT2D eigenvalue weighted by Crippen LogP contribution is -1.96. The number of methoxy groups -OCH3 is 1. The highest BCUT2D eigenvalue weighted by Crippen LogP contribution is 2.35. The monoisotopic (exact) mass is 309 g/mol. The first-order valence-electron chi connectivity index (χ1n) is 7.46. The van der Waals surface area contributed by atoms with Gasteiger partial charge in [-0.05, 0) is 47.4 Å². The maximum absolute atomic E-state index is 9.69. The molecule has 0 saturated carbocycles. The van der Waals surface area contributed by atoms with Crippen molar-refractivity contribution >= 4 is 10.9 Å². The molecular formula is C19H19NO3. The summed E-state index contributed by atoms with van der Waals surface area (Å²) in [6, 6.07) is 13.5. The molecule has 3 rings (SSSR count). The molecule has 0 aliphatic rings. The van der Waals surface area contributed by atoms with E-state index in [1.807, 2.05) is 49.4 Å². The Bertz CT molecular complexity index is 859. The number of pyridine rings is 1. The van der Waals surface area contributed by atoms with Crippen LogP contribution in [-0.4, -0.2) is 22.3 Å². The van der Waals surface area contributed by atoms with Crippen molar-refractivity contribution in [1.29, 1.82) is 0 Å². The molecule has 0 unspecified atom stereocenters. The number of benzene rings is 2. The van der Waals surface area contributed by atoms with E-state index in [-0.39, 0.29) is 13.2 Å². The number of aliphatic hydroxyl groups excluding tert-OH is 2. The van der Waals surface area contributed by atoms with Gasteiger partial charge in [0.05, 0.1) is 20.3 Å². The van der Waals surface area contributed by atoms with Gasteiger partial charge in [0, 0.05) is 11.1 Å². The smallest absolute Gasteiger partial charge is 0.145 e. The van der Waals surface area contributed by atoms with Crippen molar-refractivity contribution < 1.29 is 14.9 Å². The van der Waals surface area contributed by atoms with Crippen LogP contribution in [0.1, 0.15) is 16.8 Å². The summed E-state index contributed by atoms with van der Waals surface area (Å²) in [6.45, 7) is 1.81. The van der Waals surface area contributed by atoms with E-state index in [1.54, 1.807) is 7.11 Å². The first-order valence-corrected chi connectivity index (χ1v) is 7.46. The van der Waals surface area contributed by atoms with Crippen LogP contribution in [0.3, 0.4) is 0 Å². The molecule has 0 amide bonds. The van der Waals surface area contributed by atoms with E-state index in [0.717, 1.165) is 44.6 Å². The molecule has 0 bridgehead atoms. The van der Waals surface area contributed by atoms with Gasteiger partial charge >= 0.3 is 0 Å². The predicted molar refractivity (Wildman–Crippen MR) is 90.3 cm³/mol. The third kappa shape index (κ3) is 2.79. The Morgan fingerprint density at radius 1 is 0.957 bits per heavy atom. The average Bonchev–Trinajstić information content (AvgIpc) is 2.60. The Labute approximate surface area is 135 Å². The van der Waals surface area contributed by atoms with E-state index in [1.165, 1.54) is 0 Å². The molecule has 0 aliphatic carbocycles. The topological polar surface area (TPSA) is 62.6 Å². The summed E-state index contributed by atoms with van der Waals surface area (Å²) in [6.07, 6.45) is 0. The van der Waals surface area contributed by atoms with Crippen molar-refractivity contribution in [2.75, 3.05) is 7.11 Å². The van der Waals surface area contributed by atoms with E-state index < -0.39 is 0 Å². The van der Waals surface area contributed by atoms with Crippen LogP contribution in [0, 0.1) is 6.92 Å². The molecule has 0 spiro atoms. The molecule has 0 aliphatic heterocycles. The van der Waals surface area contributed by atoms with E-state index in [4.69, 9.17) is 4.74 Å². The van der Waals surface area contributed by atoms with Gasteiger partial charge in [0.15, 0.2) is 0 Å². The number of aryl methyl sites for hydroxylation is 1. The quantitative estimate of drug-likeness (QED) is 0.777. The highest BCUT2D eigenvalue weighted by molar-refractivity contribution is 5.98. The van der Waals surface area contributed by atoms with Crippen molar-refractivity contribution in [3.63, 3.8) is 0 Å². The fraction of sp³-hybridized carbons (Fsp3) is 0.211. The number of aromatic nitrogens is 1. The third-order valence-electron chi connectivity index (χ3n) is 3.99. The second-order valence-corrected chi connectivity index (χ2v) is 5.47. The summed E-state index contributed by atoms with van der Waals surface area (Å²) < 4.78 is 5.42. The number of hydrogen-bond donors (Lipinski definition) is 2. The third-order valence-corrected chi connectivity index (χ3v) is 3.99. The maximum Gasteiger partial charge on any atom is 0.145 e. The molecular weight excluding hydrogens is 290 g/mol. The first kappa shape index (κ1) is 15.5. The van der Waals surface area contributed by atoms with Crippen molar-refractivity contribution in [2.24, 2.45) is 0 Å². The second kappa shape index (κ2) is 6.36. The van der Waals surface area contributed by atoms with Crippen LogP contribution in [0.25, 0.3) is 22.0 Å². The van der Waals surface area contributed by atoms with Gasteiger partial charge in [-0.3, -0.25) is 0 Å². The first-order chi connectivity index (χ1) is 11.2. The lowest BCUT2D eigenvalue weighted by Gasteiger charge is -2.14. The standard InChI is InChI=1S/C19H19NO3/c1-12-3-5-17-16(7-8-18(23-2)19(17)20-12)15-6-4-13(10-21)9-14(15)11-22/h3-9,21-22H,10-11H2,1-2H3. The lowest BCUT2D eigenvalue weighted by molar-refractivity contribution is 0.276. The van der Waals surface area contributed by atoms with Gasteiger partial charge in [0.1, 0.15) is 11.3 Å². The minimum atomic E-state index is -0.0873. The number of fused-ring (bicyclic) bond motifs is 1. The summed E-state index contributed by atoms with van der Waals surface area (Å²) in [5, 5.41) is 19.9. The van der Waals surface area contributed by atoms with Crippen LogP contribution in [0.5, 0.6) is 5.75 Å². The zero-order chi connectivity index (χ0) is 16.4. The highest BCUT2D eigenvalue weighted by Gasteiger charge is 2.13. The molecule has 4 heteroatoms. The summed E-state index contributed by atoms with van der Waals surface area (Å²) in [5.74, 6) is 0.727. The molecule has 118 valence electrons. The molecule has 0 atom stereocenters. The fourth-order valence-corrected chi connectivity index (χ4v) is 2.83. The molecule has 0 fully saturated rings. The van der Waals surface area contributed by atoms with Gasteiger partial charge in [-0.1, -0.05) is 24.3 Å². The molecule has 4 nitrogen and oxygen atoms in total. The summed E-state index contributed by atoms with van der Waals surface area (Å²) in [5.41, 5.74) is 5.21. The molecule has 3 aromatic rings. The minimum Gasteiger partial charge on any atom is -0.494 e. The van der Waals surface area contributed by atoms with E-state index in [9.17, 15) is 10.2 Å². The number of hydrogen-bond acceptors (Lipinski definition) is 4. The molecule has 0 saturated heterocycles. The summed E-state index contributed by atoms with van der Waals surface area (Å²) >= 11 is 0. The van der Waals surface area contributed by atoms with Crippen LogP contribution < -0.4 is 4.74 Å². The van der Waals surface area contributed by atoms with E-state index in [0.29, 0.717) is 0 Å². The van der Waals surface area contributed by atoms with Crippen molar-refractivity contribution in [3.05, 3.63) is 59.3 Å². The highest BCUT2D eigenvalue weighted by atomic mass is 16.5. The zero-order valence-electron chi connectivity index (χ0n) is 13.2. The molecule has 1 aromatic heterocycles. The Kier molecular flexibility index (Phi) is 4.28. The van der Waals surface area contributed by atoms with E-state index >= 15 is 0 Å². The van der Waals surface area contributed by atoms with Crippen LogP contribution in [0.15, 0.2) is 42.5 Å². The van der Waals surface area contributed by atoms with Crippen molar-refractivity contribution in [3.8, 4) is 16.9 Å². The van der Waals surface area contributed by atoms with Gasteiger partial charge < -0.3 is 14.9 Å². The summed E-state index contributed by atoms with van der Waals surface area (Å²) in [4.78, 5) is 4.59. The zero-order valence-corrected chi connectivity index (χ0v) is 13.2. The van der Waals surface area contributed by atoms with Crippen LogP contribution in [-0.2, 0) is 13.2 Å². The van der Waals surface area contributed by atoms with Crippen LogP contribution >= 0.6 is 0 Å². The number of ether oxygens (including phenoxy) is 1. The maximum atomic E-state index is 9.69. The lowest BCUT2D eigenvalue weighted by atomic mass is 9.94. The van der Waals surface area contributed by atoms with Crippen molar-refractivity contribution in [2.45, 2.75) is 20.1 Å². The van der Waals surface area contributed by atoms with Gasteiger partial charge in [-0.15, -0.1) is 0 Å². The Balaban J connectivity index is 2.29. The Morgan fingerprint density at radius 3 is 2.43 bits per heavy atom. The van der Waals surface area contributed by atoms with Crippen LogP contribution in [0.2, 0.25) is 0 Å².